The summed E-state index contributed by atoms with van der Waals surface area (Å²) in [5, 5.41) is 2.99. The summed E-state index contributed by atoms with van der Waals surface area (Å²) in [5.41, 5.74) is 0.851. The van der Waals surface area contributed by atoms with Crippen LogP contribution in [0.3, 0.4) is 0 Å². The number of hydrogen-bond donors (Lipinski definition) is 1. The number of hydrogen-bond acceptors (Lipinski definition) is 2. The molecule has 0 radical (unpaired) electrons. The van der Waals surface area contributed by atoms with E-state index in [1.807, 2.05) is 29.2 Å². The lowest BCUT2D eigenvalue weighted by Gasteiger charge is -2.39. The largest absolute Gasteiger partial charge is 0.322 e. The Balaban J connectivity index is 1.48. The summed E-state index contributed by atoms with van der Waals surface area (Å²) < 4.78 is 1.02. The Labute approximate surface area is 147 Å². The summed E-state index contributed by atoms with van der Waals surface area (Å²) in [5.74, 6) is 0. The number of anilines is 1. The van der Waals surface area contributed by atoms with Gasteiger partial charge in [-0.25, -0.2) is 4.79 Å². The molecular weight excluding hydrogens is 354 g/mol. The Kier molecular flexibility index (Phi) is 5.95. The second kappa shape index (κ2) is 8.15. The van der Waals surface area contributed by atoms with Crippen LogP contribution >= 0.6 is 15.9 Å². The van der Waals surface area contributed by atoms with Crippen molar-refractivity contribution in [2.45, 2.75) is 44.6 Å². The molecule has 3 rings (SSSR count). The minimum absolute atomic E-state index is 0.0211. The van der Waals surface area contributed by atoms with Crippen molar-refractivity contribution in [1.29, 1.82) is 0 Å². The molecular formula is C18H26BrN3O. The van der Waals surface area contributed by atoms with Crippen molar-refractivity contribution in [2.24, 2.45) is 0 Å². The molecule has 2 fully saturated rings. The van der Waals surface area contributed by atoms with Gasteiger partial charge in [0.2, 0.25) is 0 Å². The maximum atomic E-state index is 12.4. The molecule has 0 aromatic heterocycles. The lowest BCUT2D eigenvalue weighted by Crippen LogP contribution is -2.52. The molecule has 1 saturated heterocycles. The number of amides is 2. The first-order chi connectivity index (χ1) is 11.2. The molecule has 1 aliphatic heterocycles. The van der Waals surface area contributed by atoms with Gasteiger partial charge in [-0.1, -0.05) is 41.6 Å². The first-order valence-corrected chi connectivity index (χ1v) is 9.57. The number of benzene rings is 1. The number of carbonyl (C=O) groups is 1. The third kappa shape index (κ3) is 4.70. The lowest BCUT2D eigenvalue weighted by atomic mass is 10.1. The average molecular weight is 380 g/mol. The topological polar surface area (TPSA) is 35.6 Å². The molecule has 4 nitrogen and oxygen atoms in total. The van der Waals surface area contributed by atoms with E-state index in [0.717, 1.165) is 42.4 Å². The number of urea groups is 1. The molecule has 2 amide bonds. The predicted octanol–water partition coefficient (Wildman–Crippen LogP) is 4.32. The number of piperazine rings is 1. The third-order valence-corrected chi connectivity index (χ3v) is 5.57. The van der Waals surface area contributed by atoms with E-state index in [1.54, 1.807) is 0 Å². The molecule has 2 aliphatic rings. The molecule has 1 N–H and O–H groups in total. The van der Waals surface area contributed by atoms with Crippen molar-refractivity contribution in [3.05, 3.63) is 28.7 Å². The Morgan fingerprint density at radius 1 is 0.957 bits per heavy atom. The molecule has 0 bridgehead atoms. The van der Waals surface area contributed by atoms with Gasteiger partial charge in [-0.05, 0) is 37.1 Å². The molecule has 23 heavy (non-hydrogen) atoms. The van der Waals surface area contributed by atoms with Gasteiger partial charge in [0.25, 0.3) is 0 Å². The van der Waals surface area contributed by atoms with Crippen molar-refractivity contribution in [1.82, 2.24) is 9.80 Å². The van der Waals surface area contributed by atoms with Gasteiger partial charge in [-0.2, -0.15) is 0 Å². The second-order valence-electron chi connectivity index (χ2n) is 6.61. The molecule has 5 heteroatoms. The van der Waals surface area contributed by atoms with E-state index in [-0.39, 0.29) is 6.03 Å². The van der Waals surface area contributed by atoms with Crippen LogP contribution in [-0.4, -0.2) is 48.1 Å². The summed E-state index contributed by atoms with van der Waals surface area (Å²) in [4.78, 5) is 16.9. The molecule has 0 atom stereocenters. The van der Waals surface area contributed by atoms with Gasteiger partial charge < -0.3 is 10.2 Å². The van der Waals surface area contributed by atoms with Gasteiger partial charge in [-0.3, -0.25) is 4.90 Å². The first-order valence-electron chi connectivity index (χ1n) is 8.78. The monoisotopic (exact) mass is 379 g/mol. The Morgan fingerprint density at radius 3 is 2.17 bits per heavy atom. The molecule has 0 spiro atoms. The van der Waals surface area contributed by atoms with Gasteiger partial charge in [-0.15, -0.1) is 0 Å². The van der Waals surface area contributed by atoms with Crippen molar-refractivity contribution in [2.75, 3.05) is 31.5 Å². The summed E-state index contributed by atoms with van der Waals surface area (Å²) in [6, 6.07) is 8.49. The fourth-order valence-electron chi connectivity index (χ4n) is 3.65. The molecule has 1 heterocycles. The quantitative estimate of drug-likeness (QED) is 0.776. The molecule has 126 valence electrons. The van der Waals surface area contributed by atoms with Gasteiger partial charge in [0.1, 0.15) is 0 Å². The highest BCUT2D eigenvalue weighted by molar-refractivity contribution is 9.10. The summed E-state index contributed by atoms with van der Waals surface area (Å²) in [6.07, 6.45) is 8.21. The number of nitrogens with one attached hydrogen (secondary N) is 1. The number of nitrogens with zero attached hydrogens (tertiary/aromatic N) is 2. The molecule has 1 aromatic carbocycles. The minimum Gasteiger partial charge on any atom is -0.322 e. The van der Waals surface area contributed by atoms with Crippen LogP contribution in [0.1, 0.15) is 38.5 Å². The van der Waals surface area contributed by atoms with Gasteiger partial charge in [0, 0.05) is 42.4 Å². The number of halogens is 1. The van der Waals surface area contributed by atoms with Gasteiger partial charge in [0.15, 0.2) is 0 Å². The van der Waals surface area contributed by atoms with Crippen LogP contribution in [0.25, 0.3) is 0 Å². The van der Waals surface area contributed by atoms with Crippen LogP contribution < -0.4 is 5.32 Å². The Bertz CT molecular complexity index is 504. The van der Waals surface area contributed by atoms with Crippen molar-refractivity contribution < 1.29 is 4.79 Å². The second-order valence-corrected chi connectivity index (χ2v) is 7.52. The fourth-order valence-corrected chi connectivity index (χ4v) is 3.91. The lowest BCUT2D eigenvalue weighted by molar-refractivity contribution is 0.105. The number of carbonyl (C=O) groups excluding carboxylic acids is 1. The zero-order chi connectivity index (χ0) is 16.1. The van der Waals surface area contributed by atoms with Crippen LogP contribution in [0.2, 0.25) is 0 Å². The summed E-state index contributed by atoms with van der Waals surface area (Å²) >= 11 is 3.41. The zero-order valence-electron chi connectivity index (χ0n) is 13.6. The van der Waals surface area contributed by atoms with E-state index in [1.165, 1.54) is 38.5 Å². The van der Waals surface area contributed by atoms with Crippen LogP contribution in [0.4, 0.5) is 10.5 Å². The van der Waals surface area contributed by atoms with E-state index < -0.39 is 0 Å². The van der Waals surface area contributed by atoms with Crippen LogP contribution in [0, 0.1) is 0 Å². The SMILES string of the molecule is O=C(Nc1ccc(Br)cc1)N1CCN(C2CCCCCC2)CC1. The highest BCUT2D eigenvalue weighted by Crippen LogP contribution is 2.23. The highest BCUT2D eigenvalue weighted by atomic mass is 79.9. The molecule has 1 aromatic rings. The van der Waals surface area contributed by atoms with E-state index in [2.05, 4.69) is 26.1 Å². The Morgan fingerprint density at radius 2 is 1.57 bits per heavy atom. The third-order valence-electron chi connectivity index (χ3n) is 5.04. The van der Waals surface area contributed by atoms with E-state index in [0.29, 0.717) is 0 Å². The molecule has 1 aliphatic carbocycles. The minimum atomic E-state index is 0.0211. The van der Waals surface area contributed by atoms with Crippen LogP contribution in [-0.2, 0) is 0 Å². The van der Waals surface area contributed by atoms with Crippen LogP contribution in [0.15, 0.2) is 28.7 Å². The van der Waals surface area contributed by atoms with Crippen molar-refractivity contribution >= 4 is 27.6 Å². The van der Waals surface area contributed by atoms with Crippen molar-refractivity contribution in [3.8, 4) is 0 Å². The maximum Gasteiger partial charge on any atom is 0.321 e. The predicted molar refractivity (Wildman–Crippen MR) is 97.8 cm³/mol. The normalized spacial score (nSPS) is 21.0. The van der Waals surface area contributed by atoms with E-state index in [4.69, 9.17) is 0 Å². The smallest absolute Gasteiger partial charge is 0.321 e. The summed E-state index contributed by atoms with van der Waals surface area (Å²) in [6.45, 7) is 3.69. The molecule has 0 unspecified atom stereocenters. The summed E-state index contributed by atoms with van der Waals surface area (Å²) in [7, 11) is 0. The van der Waals surface area contributed by atoms with E-state index >= 15 is 0 Å². The number of rotatable bonds is 2. The highest BCUT2D eigenvalue weighted by Gasteiger charge is 2.26. The maximum absolute atomic E-state index is 12.4. The molecule has 1 saturated carbocycles. The van der Waals surface area contributed by atoms with Gasteiger partial charge >= 0.3 is 6.03 Å². The standard InChI is InChI=1S/C18H26BrN3O/c19-15-7-9-16(10-8-15)20-18(23)22-13-11-21(12-14-22)17-5-3-1-2-4-6-17/h7-10,17H,1-6,11-14H2,(H,20,23). The zero-order valence-corrected chi connectivity index (χ0v) is 15.2. The fraction of sp³-hybridized carbons (Fsp3) is 0.611. The first kappa shape index (κ1) is 16.8. The van der Waals surface area contributed by atoms with Gasteiger partial charge in [0.05, 0.1) is 0 Å². The Hall–Kier alpha value is -1.07. The van der Waals surface area contributed by atoms with Crippen LogP contribution in [0.5, 0.6) is 0 Å². The van der Waals surface area contributed by atoms with E-state index in [9.17, 15) is 4.79 Å². The van der Waals surface area contributed by atoms with Crippen molar-refractivity contribution in [3.63, 3.8) is 0 Å². The average Bonchev–Trinajstić information content (AvgIpc) is 2.86.